The van der Waals surface area contributed by atoms with Crippen LogP contribution in [-0.4, -0.2) is 31.3 Å². The number of carbonyl (C=O) groups excluding carboxylic acids is 1. The zero-order valence-corrected chi connectivity index (χ0v) is 14.4. The van der Waals surface area contributed by atoms with E-state index in [4.69, 9.17) is 4.74 Å². The third-order valence-electron chi connectivity index (χ3n) is 3.80. The van der Waals surface area contributed by atoms with Crippen LogP contribution >= 0.6 is 0 Å². The van der Waals surface area contributed by atoms with Gasteiger partial charge in [0.05, 0.1) is 13.2 Å². The highest BCUT2D eigenvalue weighted by Gasteiger charge is 2.09. The standard InChI is InChI=1S/C19H23FN2O3/c1-13-4-3-5-15(10-13)17(23)12-22-19(24)21-9-8-14-6-7-16(20)18(11-14)25-2/h3-7,10-11,17,23H,8-9,12H2,1-2H3,(H2,21,22,24). The van der Waals surface area contributed by atoms with Crippen LogP contribution in [-0.2, 0) is 6.42 Å². The van der Waals surface area contributed by atoms with Gasteiger partial charge < -0.3 is 20.5 Å². The number of urea groups is 1. The normalized spacial score (nSPS) is 11.7. The third kappa shape index (κ3) is 5.76. The van der Waals surface area contributed by atoms with Crippen LogP contribution < -0.4 is 15.4 Å². The highest BCUT2D eigenvalue weighted by atomic mass is 19.1. The Morgan fingerprint density at radius 2 is 2.04 bits per heavy atom. The van der Waals surface area contributed by atoms with Crippen molar-refractivity contribution in [2.24, 2.45) is 0 Å². The van der Waals surface area contributed by atoms with Gasteiger partial charge in [0, 0.05) is 13.1 Å². The van der Waals surface area contributed by atoms with E-state index in [9.17, 15) is 14.3 Å². The number of nitrogens with one attached hydrogen (secondary N) is 2. The SMILES string of the molecule is COc1cc(CCNC(=O)NCC(O)c2cccc(C)c2)ccc1F. The predicted octanol–water partition coefficient (Wildman–Crippen LogP) is 2.72. The minimum Gasteiger partial charge on any atom is -0.494 e. The predicted molar refractivity (Wildman–Crippen MR) is 94.2 cm³/mol. The van der Waals surface area contributed by atoms with Crippen molar-refractivity contribution in [2.75, 3.05) is 20.2 Å². The van der Waals surface area contributed by atoms with Crippen LogP contribution in [0.2, 0.25) is 0 Å². The van der Waals surface area contributed by atoms with Gasteiger partial charge in [-0.2, -0.15) is 0 Å². The Bertz CT molecular complexity index is 722. The number of amides is 2. The third-order valence-corrected chi connectivity index (χ3v) is 3.80. The van der Waals surface area contributed by atoms with Gasteiger partial charge in [-0.1, -0.05) is 35.9 Å². The number of aliphatic hydroxyl groups is 1. The smallest absolute Gasteiger partial charge is 0.314 e. The molecule has 2 aromatic rings. The molecule has 0 aliphatic rings. The van der Waals surface area contributed by atoms with Gasteiger partial charge >= 0.3 is 6.03 Å². The maximum absolute atomic E-state index is 13.3. The fraction of sp³-hybridized carbons (Fsp3) is 0.316. The fourth-order valence-corrected chi connectivity index (χ4v) is 2.43. The second-order valence-electron chi connectivity index (χ2n) is 5.79. The summed E-state index contributed by atoms with van der Waals surface area (Å²) in [7, 11) is 1.41. The lowest BCUT2D eigenvalue weighted by molar-refractivity contribution is 0.173. The summed E-state index contributed by atoms with van der Waals surface area (Å²) in [5.41, 5.74) is 2.67. The van der Waals surface area contributed by atoms with Crippen molar-refractivity contribution in [3.05, 3.63) is 65.0 Å². The molecule has 0 spiro atoms. The summed E-state index contributed by atoms with van der Waals surface area (Å²) in [6.45, 7) is 2.46. The molecule has 1 unspecified atom stereocenters. The average Bonchev–Trinajstić information content (AvgIpc) is 2.61. The Morgan fingerprint density at radius 1 is 1.24 bits per heavy atom. The van der Waals surface area contributed by atoms with Crippen LogP contribution in [0.25, 0.3) is 0 Å². The van der Waals surface area contributed by atoms with E-state index >= 15 is 0 Å². The molecule has 2 rings (SSSR count). The summed E-state index contributed by atoms with van der Waals surface area (Å²) >= 11 is 0. The van der Waals surface area contributed by atoms with Crippen LogP contribution in [0.5, 0.6) is 5.75 Å². The lowest BCUT2D eigenvalue weighted by Gasteiger charge is -2.13. The molecule has 5 nitrogen and oxygen atoms in total. The molecule has 0 heterocycles. The van der Waals surface area contributed by atoms with Crippen molar-refractivity contribution < 1.29 is 19.0 Å². The minimum absolute atomic E-state index is 0.125. The molecule has 2 aromatic carbocycles. The Labute approximate surface area is 146 Å². The van der Waals surface area contributed by atoms with E-state index in [1.165, 1.54) is 13.2 Å². The zero-order chi connectivity index (χ0) is 18.2. The summed E-state index contributed by atoms with van der Waals surface area (Å²) in [5.74, 6) is -0.231. The highest BCUT2D eigenvalue weighted by molar-refractivity contribution is 5.73. The second-order valence-corrected chi connectivity index (χ2v) is 5.79. The van der Waals surface area contributed by atoms with Crippen LogP contribution in [0.15, 0.2) is 42.5 Å². The molecule has 0 saturated carbocycles. The molecule has 0 bridgehead atoms. The number of aliphatic hydroxyl groups excluding tert-OH is 1. The molecule has 3 N–H and O–H groups in total. The molecule has 0 aliphatic heterocycles. The van der Waals surface area contributed by atoms with Crippen LogP contribution in [0.3, 0.4) is 0 Å². The summed E-state index contributed by atoms with van der Waals surface area (Å²) in [5, 5.41) is 15.4. The van der Waals surface area contributed by atoms with Crippen LogP contribution in [0.1, 0.15) is 22.8 Å². The summed E-state index contributed by atoms with van der Waals surface area (Å²) in [6, 6.07) is 11.7. The Balaban J connectivity index is 1.74. The molecule has 0 saturated heterocycles. The van der Waals surface area contributed by atoms with Gasteiger partial charge in [0.1, 0.15) is 0 Å². The number of aryl methyl sites for hydroxylation is 1. The van der Waals surface area contributed by atoms with Gasteiger partial charge in [-0.3, -0.25) is 0 Å². The number of carbonyl (C=O) groups is 1. The van der Waals surface area contributed by atoms with E-state index in [-0.39, 0.29) is 18.3 Å². The first-order valence-corrected chi connectivity index (χ1v) is 8.08. The first kappa shape index (κ1) is 18.7. The number of hydrogen-bond acceptors (Lipinski definition) is 3. The summed E-state index contributed by atoms with van der Waals surface area (Å²) in [6.07, 6.45) is -0.211. The lowest BCUT2D eigenvalue weighted by Crippen LogP contribution is -2.38. The van der Waals surface area contributed by atoms with Crippen LogP contribution in [0, 0.1) is 12.7 Å². The first-order valence-electron chi connectivity index (χ1n) is 8.08. The molecule has 2 amide bonds. The van der Waals surface area contributed by atoms with Crippen molar-refractivity contribution >= 4 is 6.03 Å². The number of rotatable bonds is 7. The van der Waals surface area contributed by atoms with E-state index < -0.39 is 11.9 Å². The molecule has 0 aliphatic carbocycles. The van der Waals surface area contributed by atoms with Crippen molar-refractivity contribution in [1.82, 2.24) is 10.6 Å². The van der Waals surface area contributed by atoms with E-state index in [0.29, 0.717) is 13.0 Å². The van der Waals surface area contributed by atoms with E-state index in [0.717, 1.165) is 16.7 Å². The molecule has 6 heteroatoms. The molecule has 0 aromatic heterocycles. The van der Waals surface area contributed by atoms with Gasteiger partial charge in [-0.25, -0.2) is 9.18 Å². The Hall–Kier alpha value is -2.60. The van der Waals surface area contributed by atoms with E-state index in [1.807, 2.05) is 31.2 Å². The fourth-order valence-electron chi connectivity index (χ4n) is 2.43. The number of benzene rings is 2. The van der Waals surface area contributed by atoms with Gasteiger partial charge in [0.25, 0.3) is 0 Å². The zero-order valence-electron chi connectivity index (χ0n) is 14.4. The van der Waals surface area contributed by atoms with E-state index in [1.54, 1.807) is 12.1 Å². The Morgan fingerprint density at radius 3 is 2.76 bits per heavy atom. The maximum atomic E-state index is 13.3. The quantitative estimate of drug-likeness (QED) is 0.722. The molecular formula is C19H23FN2O3. The average molecular weight is 346 g/mol. The molecular weight excluding hydrogens is 323 g/mol. The molecule has 1 atom stereocenters. The topological polar surface area (TPSA) is 70.6 Å². The number of methoxy groups -OCH3 is 1. The van der Waals surface area contributed by atoms with E-state index in [2.05, 4.69) is 10.6 Å². The number of halogens is 1. The summed E-state index contributed by atoms with van der Waals surface area (Å²) in [4.78, 5) is 11.8. The Kier molecular flexibility index (Phi) is 6.77. The van der Waals surface area contributed by atoms with Gasteiger partial charge in [-0.15, -0.1) is 0 Å². The van der Waals surface area contributed by atoms with Crippen molar-refractivity contribution in [2.45, 2.75) is 19.4 Å². The van der Waals surface area contributed by atoms with Gasteiger partial charge in [-0.05, 0) is 36.6 Å². The molecule has 134 valence electrons. The number of ether oxygens (including phenoxy) is 1. The van der Waals surface area contributed by atoms with Crippen LogP contribution in [0.4, 0.5) is 9.18 Å². The second kappa shape index (κ2) is 9.03. The largest absolute Gasteiger partial charge is 0.494 e. The first-order chi connectivity index (χ1) is 12.0. The van der Waals surface area contributed by atoms with Crippen molar-refractivity contribution in [3.63, 3.8) is 0 Å². The highest BCUT2D eigenvalue weighted by Crippen LogP contribution is 2.18. The lowest BCUT2D eigenvalue weighted by atomic mass is 10.1. The monoisotopic (exact) mass is 346 g/mol. The summed E-state index contributed by atoms with van der Waals surface area (Å²) < 4.78 is 18.3. The van der Waals surface area contributed by atoms with Gasteiger partial charge in [0.2, 0.25) is 0 Å². The molecule has 0 fully saturated rings. The molecule has 25 heavy (non-hydrogen) atoms. The minimum atomic E-state index is -0.757. The van der Waals surface area contributed by atoms with Crippen molar-refractivity contribution in [3.8, 4) is 5.75 Å². The van der Waals surface area contributed by atoms with Crippen molar-refractivity contribution in [1.29, 1.82) is 0 Å². The van der Waals surface area contributed by atoms with Gasteiger partial charge in [0.15, 0.2) is 11.6 Å². The molecule has 0 radical (unpaired) electrons. The maximum Gasteiger partial charge on any atom is 0.314 e. The number of hydrogen-bond donors (Lipinski definition) is 3.